The van der Waals surface area contributed by atoms with Gasteiger partial charge in [-0.1, -0.05) is 57.2 Å². The first-order valence-electron chi connectivity index (χ1n) is 6.61. The van der Waals surface area contributed by atoms with Crippen LogP contribution in [-0.2, 0) is 14.3 Å². The van der Waals surface area contributed by atoms with Gasteiger partial charge in [-0.05, 0) is 18.6 Å². The van der Waals surface area contributed by atoms with Crippen molar-refractivity contribution in [1.29, 1.82) is 0 Å². The number of rotatable bonds is 9. The van der Waals surface area contributed by atoms with E-state index in [1.54, 1.807) is 30.3 Å². The predicted octanol–water partition coefficient (Wildman–Crippen LogP) is 3.60. The van der Waals surface area contributed by atoms with E-state index in [-0.39, 0.29) is 52.1 Å². The largest absolute Gasteiger partial charge is 2.00 e. The molecule has 0 heterocycles. The summed E-state index contributed by atoms with van der Waals surface area (Å²) in [5.41, 5.74) is 0. The van der Waals surface area contributed by atoms with Gasteiger partial charge >= 0.3 is 37.7 Å². The minimum atomic E-state index is -3.56. The molecular weight excluding hydrogens is 288 g/mol. The molecule has 3 nitrogen and oxygen atoms in total. The molecule has 0 saturated heterocycles. The van der Waals surface area contributed by atoms with E-state index >= 15 is 0 Å². The average Bonchev–Trinajstić information content (AvgIpc) is 2.39. The van der Waals surface area contributed by atoms with E-state index in [1.165, 1.54) is 19.3 Å². The Morgan fingerprint density at radius 2 is 1.58 bits per heavy atom. The molecular formula is C14H24CaO3S. The van der Waals surface area contributed by atoms with E-state index in [0.717, 1.165) is 19.3 Å². The molecule has 0 aliphatic rings. The summed E-state index contributed by atoms with van der Waals surface area (Å²) >= 11 is 0. The number of unbranched alkanes of at least 4 members (excludes halogenated alkanes) is 5. The Kier molecular flexibility index (Phi) is 11.3. The maximum Gasteiger partial charge on any atom is 2.00 e. The number of hydrogen-bond acceptors (Lipinski definition) is 3. The molecule has 1 aromatic rings. The summed E-state index contributed by atoms with van der Waals surface area (Å²) in [4.78, 5) is 0.232. The van der Waals surface area contributed by atoms with Crippen LogP contribution in [0.2, 0.25) is 0 Å². The van der Waals surface area contributed by atoms with Crippen LogP contribution in [0.5, 0.6) is 0 Å². The molecule has 106 valence electrons. The van der Waals surface area contributed by atoms with Crippen molar-refractivity contribution in [3.63, 3.8) is 0 Å². The second kappa shape index (κ2) is 11.1. The summed E-state index contributed by atoms with van der Waals surface area (Å²) in [6.45, 7) is 2.46. The Bertz CT molecular complexity index is 427. The minimum Gasteiger partial charge on any atom is -1.00 e. The Balaban J connectivity index is -0.00000108. The first-order chi connectivity index (χ1) is 8.67. The van der Waals surface area contributed by atoms with Crippen molar-refractivity contribution in [2.45, 2.75) is 50.3 Å². The first kappa shape index (κ1) is 19.4. The molecule has 0 spiro atoms. The first-order valence-corrected chi connectivity index (χ1v) is 8.02. The van der Waals surface area contributed by atoms with Crippen LogP contribution in [0, 0.1) is 0 Å². The van der Waals surface area contributed by atoms with Gasteiger partial charge < -0.3 is 2.85 Å². The maximum atomic E-state index is 11.7. The molecule has 0 fully saturated rings. The van der Waals surface area contributed by atoms with Crippen LogP contribution in [0.3, 0.4) is 0 Å². The summed E-state index contributed by atoms with van der Waals surface area (Å²) in [6.07, 6.45) is 6.69. The van der Waals surface area contributed by atoms with Crippen molar-refractivity contribution in [3.05, 3.63) is 30.3 Å². The zero-order chi connectivity index (χ0) is 13.3. The second-order valence-corrected chi connectivity index (χ2v) is 5.97. The van der Waals surface area contributed by atoms with Crippen LogP contribution in [0.4, 0.5) is 0 Å². The van der Waals surface area contributed by atoms with Crippen LogP contribution in [-0.4, -0.2) is 52.8 Å². The molecule has 0 N–H and O–H groups in total. The van der Waals surface area contributed by atoms with Crippen molar-refractivity contribution < 1.29 is 15.5 Å². The maximum absolute atomic E-state index is 11.7. The summed E-state index contributed by atoms with van der Waals surface area (Å²) in [6, 6.07) is 8.28. The van der Waals surface area contributed by atoms with Crippen LogP contribution >= 0.6 is 0 Å². The molecule has 1 rings (SSSR count). The molecule has 1 aromatic carbocycles. The Morgan fingerprint density at radius 3 is 2.21 bits per heavy atom. The van der Waals surface area contributed by atoms with Gasteiger partial charge in [0.05, 0.1) is 11.5 Å². The van der Waals surface area contributed by atoms with Gasteiger partial charge in [-0.3, -0.25) is 4.18 Å². The standard InChI is InChI=1S/C14H22O3S.Ca.2H/c1-2-3-4-5-6-10-13-17-18(15,16)14-11-8-7-9-12-14;;;/h7-9,11-12H,2-6,10,13H2,1H3;;;/q;+2;2*-1. The van der Waals surface area contributed by atoms with Gasteiger partial charge in [0.15, 0.2) is 0 Å². The molecule has 0 radical (unpaired) electrons. The predicted molar refractivity (Wildman–Crippen MR) is 80.9 cm³/mol. The van der Waals surface area contributed by atoms with E-state index in [2.05, 4.69) is 6.92 Å². The summed E-state index contributed by atoms with van der Waals surface area (Å²) in [7, 11) is -3.56. The van der Waals surface area contributed by atoms with E-state index in [4.69, 9.17) is 4.18 Å². The van der Waals surface area contributed by atoms with Crippen LogP contribution in [0.15, 0.2) is 35.2 Å². The molecule has 0 bridgehead atoms. The van der Waals surface area contributed by atoms with Crippen molar-refractivity contribution in [3.8, 4) is 0 Å². The monoisotopic (exact) mass is 312 g/mol. The molecule has 5 heteroatoms. The van der Waals surface area contributed by atoms with Crippen LogP contribution in [0.1, 0.15) is 48.3 Å². The second-order valence-electron chi connectivity index (χ2n) is 4.36. The molecule has 0 aliphatic carbocycles. The number of benzene rings is 1. The third-order valence-electron chi connectivity index (χ3n) is 2.77. The normalized spacial score (nSPS) is 11.0. The quantitative estimate of drug-likeness (QED) is 0.397. The molecule has 19 heavy (non-hydrogen) atoms. The fraction of sp³-hybridized carbons (Fsp3) is 0.571. The summed E-state index contributed by atoms with van der Waals surface area (Å²) < 4.78 is 28.5. The zero-order valence-corrected chi connectivity index (χ0v) is 14.7. The van der Waals surface area contributed by atoms with Gasteiger partial charge in [-0.2, -0.15) is 8.42 Å². The Morgan fingerprint density at radius 1 is 1.00 bits per heavy atom. The van der Waals surface area contributed by atoms with Crippen molar-refractivity contribution in [2.24, 2.45) is 0 Å². The average molecular weight is 312 g/mol. The van der Waals surface area contributed by atoms with E-state index in [0.29, 0.717) is 0 Å². The van der Waals surface area contributed by atoms with Gasteiger partial charge in [0.1, 0.15) is 0 Å². The van der Waals surface area contributed by atoms with Gasteiger partial charge in [0, 0.05) is 0 Å². The molecule has 0 atom stereocenters. The molecule has 0 saturated carbocycles. The van der Waals surface area contributed by atoms with Crippen LogP contribution in [0.25, 0.3) is 0 Å². The van der Waals surface area contributed by atoms with Crippen molar-refractivity contribution in [1.82, 2.24) is 0 Å². The topological polar surface area (TPSA) is 43.4 Å². The third-order valence-corrected chi connectivity index (χ3v) is 4.09. The molecule has 0 amide bonds. The molecule has 0 unspecified atom stereocenters. The van der Waals surface area contributed by atoms with Gasteiger partial charge in [-0.15, -0.1) is 0 Å². The summed E-state index contributed by atoms with van der Waals surface area (Å²) in [5, 5.41) is 0. The molecule has 0 aliphatic heterocycles. The summed E-state index contributed by atoms with van der Waals surface area (Å²) in [5.74, 6) is 0. The Labute approximate surface area is 149 Å². The van der Waals surface area contributed by atoms with Gasteiger partial charge in [0.2, 0.25) is 0 Å². The fourth-order valence-electron chi connectivity index (χ4n) is 1.71. The van der Waals surface area contributed by atoms with E-state index in [9.17, 15) is 8.42 Å². The van der Waals surface area contributed by atoms with E-state index < -0.39 is 10.1 Å². The smallest absolute Gasteiger partial charge is 1.00 e. The SMILES string of the molecule is CCCCCCCCOS(=O)(=O)c1ccccc1.[Ca+2].[H-].[H-]. The Hall–Kier alpha value is 0.390. The zero-order valence-electron chi connectivity index (χ0n) is 13.7. The molecule has 0 aromatic heterocycles. The third kappa shape index (κ3) is 8.30. The van der Waals surface area contributed by atoms with E-state index in [1.807, 2.05) is 0 Å². The van der Waals surface area contributed by atoms with Crippen LogP contribution < -0.4 is 0 Å². The van der Waals surface area contributed by atoms with Gasteiger partial charge in [-0.25, -0.2) is 0 Å². The van der Waals surface area contributed by atoms with Gasteiger partial charge in [0.25, 0.3) is 10.1 Å². The number of hydrogen-bond donors (Lipinski definition) is 0. The minimum absolute atomic E-state index is 0. The fourth-order valence-corrected chi connectivity index (χ4v) is 2.67. The van der Waals surface area contributed by atoms with Crippen molar-refractivity contribution in [2.75, 3.05) is 6.61 Å². The van der Waals surface area contributed by atoms with Crippen molar-refractivity contribution >= 4 is 47.9 Å².